The molecule has 3 rings (SSSR count). The van der Waals surface area contributed by atoms with Crippen molar-refractivity contribution in [1.82, 2.24) is 9.62 Å². The van der Waals surface area contributed by atoms with Crippen LogP contribution in [0.2, 0.25) is 0 Å². The summed E-state index contributed by atoms with van der Waals surface area (Å²) in [5.74, 6) is 0. The lowest BCUT2D eigenvalue weighted by Crippen LogP contribution is -2.44. The molecule has 4 nitrogen and oxygen atoms in total. The highest BCUT2D eigenvalue weighted by Crippen LogP contribution is 2.22. The Bertz CT molecular complexity index is 791. The number of hydrogen-bond donors (Lipinski definition) is 1. The molecule has 1 saturated heterocycles. The molecule has 0 aliphatic carbocycles. The van der Waals surface area contributed by atoms with E-state index in [0.29, 0.717) is 4.21 Å². The van der Waals surface area contributed by atoms with Crippen molar-refractivity contribution < 1.29 is 8.42 Å². The number of likely N-dealkylation sites (tertiary alicyclic amines) is 1. The molecule has 1 aromatic heterocycles. The zero-order chi connectivity index (χ0) is 17.2. The highest BCUT2D eigenvalue weighted by Gasteiger charge is 2.25. The van der Waals surface area contributed by atoms with Crippen LogP contribution in [0, 0.1) is 13.8 Å². The molecule has 1 fully saturated rings. The molecule has 2 heterocycles. The summed E-state index contributed by atoms with van der Waals surface area (Å²) in [5, 5.41) is 0. The lowest BCUT2D eigenvalue weighted by atomic mass is 10.0. The second kappa shape index (κ2) is 7.35. The van der Waals surface area contributed by atoms with Gasteiger partial charge < -0.3 is 0 Å². The molecule has 6 heteroatoms. The van der Waals surface area contributed by atoms with Crippen molar-refractivity contribution in [2.24, 2.45) is 0 Å². The summed E-state index contributed by atoms with van der Waals surface area (Å²) >= 11 is 1.33. The highest BCUT2D eigenvalue weighted by atomic mass is 32.2. The van der Waals surface area contributed by atoms with Crippen LogP contribution in [0.25, 0.3) is 0 Å². The zero-order valence-corrected chi connectivity index (χ0v) is 15.8. The molecular weight excluding hydrogens is 340 g/mol. The smallest absolute Gasteiger partial charge is 0.250 e. The van der Waals surface area contributed by atoms with E-state index in [1.54, 1.807) is 6.07 Å². The summed E-state index contributed by atoms with van der Waals surface area (Å²) in [5.41, 5.74) is 2.67. The van der Waals surface area contributed by atoms with Crippen molar-refractivity contribution >= 4 is 21.4 Å². The summed E-state index contributed by atoms with van der Waals surface area (Å²) in [6.45, 7) is 6.85. The summed E-state index contributed by atoms with van der Waals surface area (Å²) in [7, 11) is -3.37. The van der Waals surface area contributed by atoms with Crippen molar-refractivity contribution in [1.29, 1.82) is 0 Å². The predicted molar refractivity (Wildman–Crippen MR) is 98.9 cm³/mol. The molecule has 2 aromatic rings. The monoisotopic (exact) mass is 364 g/mol. The molecule has 0 radical (unpaired) electrons. The Morgan fingerprint density at radius 2 is 1.83 bits per heavy atom. The van der Waals surface area contributed by atoms with Gasteiger partial charge in [0.15, 0.2) is 0 Å². The van der Waals surface area contributed by atoms with Crippen LogP contribution in [0.15, 0.2) is 40.6 Å². The van der Waals surface area contributed by atoms with Crippen LogP contribution >= 0.6 is 11.3 Å². The molecule has 0 spiro atoms. The fourth-order valence-electron chi connectivity index (χ4n) is 3.07. The lowest BCUT2D eigenvalue weighted by molar-refractivity contribution is 0.199. The number of rotatable bonds is 5. The second-order valence-electron chi connectivity index (χ2n) is 6.46. The number of benzene rings is 1. The van der Waals surface area contributed by atoms with Crippen LogP contribution in [-0.4, -0.2) is 32.4 Å². The van der Waals surface area contributed by atoms with Crippen LogP contribution in [0.1, 0.15) is 28.8 Å². The van der Waals surface area contributed by atoms with E-state index in [2.05, 4.69) is 40.8 Å². The standard InChI is InChI=1S/C18H24N2O2S2/c1-14-5-3-4-6-16(14)13-20-11-9-17(10-12-20)19-24(21,22)18-8-7-15(2)23-18/h3-8,17,19H,9-13H2,1-2H3. The Labute approximate surface area is 148 Å². The van der Waals surface area contributed by atoms with Crippen LogP contribution in [0.5, 0.6) is 0 Å². The number of nitrogens with one attached hydrogen (secondary N) is 1. The number of aryl methyl sites for hydroxylation is 2. The minimum Gasteiger partial charge on any atom is -0.299 e. The Morgan fingerprint density at radius 1 is 1.12 bits per heavy atom. The average molecular weight is 365 g/mol. The van der Waals surface area contributed by atoms with E-state index >= 15 is 0 Å². The molecule has 130 valence electrons. The van der Waals surface area contributed by atoms with Crippen LogP contribution in [0.3, 0.4) is 0 Å². The SMILES string of the molecule is Cc1ccc(S(=O)(=O)NC2CCN(Cc3ccccc3C)CC2)s1. The number of sulfonamides is 1. The summed E-state index contributed by atoms with van der Waals surface area (Å²) in [6, 6.07) is 12.0. The first-order valence-corrected chi connectivity index (χ1v) is 10.6. The van der Waals surface area contributed by atoms with Crippen LogP contribution in [0.4, 0.5) is 0 Å². The molecule has 0 saturated carbocycles. The maximum atomic E-state index is 12.4. The first-order valence-electron chi connectivity index (χ1n) is 8.30. The van der Waals surface area contributed by atoms with E-state index in [1.807, 2.05) is 13.0 Å². The van der Waals surface area contributed by atoms with Gasteiger partial charge in [-0.1, -0.05) is 24.3 Å². The lowest BCUT2D eigenvalue weighted by Gasteiger charge is -2.32. The van der Waals surface area contributed by atoms with Gasteiger partial charge in [0, 0.05) is 30.6 Å². The van der Waals surface area contributed by atoms with Crippen molar-refractivity contribution in [3.63, 3.8) is 0 Å². The maximum absolute atomic E-state index is 12.4. The number of piperidine rings is 1. The van der Waals surface area contributed by atoms with Crippen molar-refractivity contribution in [2.75, 3.05) is 13.1 Å². The van der Waals surface area contributed by atoms with Gasteiger partial charge in [0.25, 0.3) is 0 Å². The van der Waals surface area contributed by atoms with Crippen LogP contribution < -0.4 is 4.72 Å². The van der Waals surface area contributed by atoms with E-state index in [9.17, 15) is 8.42 Å². The van der Waals surface area contributed by atoms with Gasteiger partial charge >= 0.3 is 0 Å². The van der Waals surface area contributed by atoms with E-state index in [0.717, 1.165) is 37.4 Å². The van der Waals surface area contributed by atoms with Crippen LogP contribution in [-0.2, 0) is 16.6 Å². The normalized spacial score (nSPS) is 17.2. The molecule has 0 unspecified atom stereocenters. The van der Waals surface area contributed by atoms with Gasteiger partial charge in [-0.25, -0.2) is 13.1 Å². The average Bonchev–Trinajstić information content (AvgIpc) is 2.99. The third kappa shape index (κ3) is 4.25. The molecule has 1 aliphatic rings. The van der Waals surface area contributed by atoms with Gasteiger partial charge in [0.1, 0.15) is 4.21 Å². The van der Waals surface area contributed by atoms with Gasteiger partial charge in [-0.05, 0) is 49.9 Å². The first kappa shape index (κ1) is 17.6. The van der Waals surface area contributed by atoms with Gasteiger partial charge in [0.2, 0.25) is 10.0 Å². The molecule has 0 bridgehead atoms. The van der Waals surface area contributed by atoms with Gasteiger partial charge in [0.05, 0.1) is 0 Å². The molecule has 1 N–H and O–H groups in total. The molecule has 24 heavy (non-hydrogen) atoms. The fourth-order valence-corrected chi connectivity index (χ4v) is 5.68. The number of hydrogen-bond acceptors (Lipinski definition) is 4. The Morgan fingerprint density at radius 3 is 2.46 bits per heavy atom. The largest absolute Gasteiger partial charge is 0.299 e. The molecule has 0 amide bonds. The van der Waals surface area contributed by atoms with Crippen molar-refractivity contribution in [3.8, 4) is 0 Å². The van der Waals surface area contributed by atoms with Gasteiger partial charge in [-0.15, -0.1) is 11.3 Å². The zero-order valence-electron chi connectivity index (χ0n) is 14.2. The summed E-state index contributed by atoms with van der Waals surface area (Å²) in [4.78, 5) is 3.42. The molecule has 0 atom stereocenters. The minimum atomic E-state index is -3.37. The molecule has 1 aromatic carbocycles. The van der Waals surface area contributed by atoms with E-state index in [1.165, 1.54) is 22.5 Å². The fraction of sp³-hybridized carbons (Fsp3) is 0.444. The van der Waals surface area contributed by atoms with Crippen molar-refractivity contribution in [3.05, 3.63) is 52.4 Å². The van der Waals surface area contributed by atoms with Gasteiger partial charge in [-0.3, -0.25) is 4.90 Å². The maximum Gasteiger partial charge on any atom is 0.250 e. The van der Waals surface area contributed by atoms with E-state index in [-0.39, 0.29) is 6.04 Å². The van der Waals surface area contributed by atoms with E-state index < -0.39 is 10.0 Å². The van der Waals surface area contributed by atoms with Crippen molar-refractivity contribution in [2.45, 2.75) is 43.5 Å². The predicted octanol–water partition coefficient (Wildman–Crippen LogP) is 3.31. The Kier molecular flexibility index (Phi) is 5.39. The Hall–Kier alpha value is -1.21. The third-order valence-corrected chi connectivity index (χ3v) is 7.56. The van der Waals surface area contributed by atoms with E-state index in [4.69, 9.17) is 0 Å². The molecule has 1 aliphatic heterocycles. The topological polar surface area (TPSA) is 49.4 Å². The van der Waals surface area contributed by atoms with Gasteiger partial charge in [-0.2, -0.15) is 0 Å². The molecular formula is C18H24N2O2S2. The first-order chi connectivity index (χ1) is 11.4. The Balaban J connectivity index is 1.55. The summed E-state index contributed by atoms with van der Waals surface area (Å²) in [6.07, 6.45) is 1.71. The minimum absolute atomic E-state index is 0.0329. The summed E-state index contributed by atoms with van der Waals surface area (Å²) < 4.78 is 28.1. The second-order valence-corrected chi connectivity index (χ2v) is 9.69. The highest BCUT2D eigenvalue weighted by molar-refractivity contribution is 7.91. The third-order valence-electron chi connectivity index (χ3n) is 4.55. The number of nitrogens with zero attached hydrogens (tertiary/aromatic N) is 1. The quantitative estimate of drug-likeness (QED) is 0.885. The number of thiophene rings is 1.